The number of hydrogen-bond acceptors (Lipinski definition) is 1. The van der Waals surface area contributed by atoms with Crippen LogP contribution in [0.2, 0.25) is 0 Å². The Morgan fingerprint density at radius 3 is 2.18 bits per heavy atom. The van der Waals surface area contributed by atoms with Gasteiger partial charge in [0.25, 0.3) is 0 Å². The lowest BCUT2D eigenvalue weighted by molar-refractivity contribution is 0.231. The second-order valence-electron chi connectivity index (χ2n) is 4.22. The number of rotatable bonds is 1. The third kappa shape index (κ3) is 1.22. The molecule has 1 aliphatic rings. The highest BCUT2D eigenvalue weighted by molar-refractivity contribution is 5.22. The summed E-state index contributed by atoms with van der Waals surface area (Å²) < 4.78 is 0. The van der Waals surface area contributed by atoms with Crippen LogP contribution in [0.3, 0.4) is 0 Å². The van der Waals surface area contributed by atoms with E-state index in [1.54, 1.807) is 0 Å². The van der Waals surface area contributed by atoms with Gasteiger partial charge in [-0.05, 0) is 22.8 Å². The minimum atomic E-state index is 0.203. The number of aliphatic hydroxyl groups is 1. The SMILES string of the molecule is CC1C=C(CO)C(C)(C)C1C. The van der Waals surface area contributed by atoms with Gasteiger partial charge in [-0.15, -0.1) is 0 Å². The van der Waals surface area contributed by atoms with Gasteiger partial charge in [-0.1, -0.05) is 33.8 Å². The van der Waals surface area contributed by atoms with Crippen LogP contribution in [-0.2, 0) is 0 Å². The van der Waals surface area contributed by atoms with E-state index in [0.717, 1.165) is 0 Å². The highest BCUT2D eigenvalue weighted by atomic mass is 16.3. The van der Waals surface area contributed by atoms with Crippen molar-refractivity contribution in [3.8, 4) is 0 Å². The van der Waals surface area contributed by atoms with Crippen molar-refractivity contribution >= 4 is 0 Å². The summed E-state index contributed by atoms with van der Waals surface area (Å²) >= 11 is 0. The van der Waals surface area contributed by atoms with E-state index in [4.69, 9.17) is 5.11 Å². The predicted octanol–water partition coefficient (Wildman–Crippen LogP) is 2.22. The van der Waals surface area contributed by atoms with Gasteiger partial charge in [0, 0.05) is 0 Å². The smallest absolute Gasteiger partial charge is 0.0647 e. The van der Waals surface area contributed by atoms with Gasteiger partial charge in [-0.2, -0.15) is 0 Å². The molecule has 11 heavy (non-hydrogen) atoms. The van der Waals surface area contributed by atoms with Gasteiger partial charge in [0.2, 0.25) is 0 Å². The summed E-state index contributed by atoms with van der Waals surface area (Å²) in [5.74, 6) is 1.27. The molecule has 64 valence electrons. The molecule has 0 aliphatic heterocycles. The topological polar surface area (TPSA) is 20.2 Å². The highest BCUT2D eigenvalue weighted by Gasteiger charge is 2.37. The molecule has 0 aromatic carbocycles. The summed E-state index contributed by atoms with van der Waals surface area (Å²) in [6, 6.07) is 0. The maximum Gasteiger partial charge on any atom is 0.0647 e. The first-order valence-corrected chi connectivity index (χ1v) is 4.32. The summed E-state index contributed by atoms with van der Waals surface area (Å²) in [5, 5.41) is 9.07. The Balaban J connectivity index is 2.88. The minimum Gasteiger partial charge on any atom is -0.392 e. The van der Waals surface area contributed by atoms with Crippen LogP contribution in [0.25, 0.3) is 0 Å². The first kappa shape index (κ1) is 8.79. The zero-order valence-corrected chi connectivity index (χ0v) is 7.89. The average molecular weight is 154 g/mol. The number of allylic oxidation sites excluding steroid dienone is 1. The minimum absolute atomic E-state index is 0.203. The monoisotopic (exact) mass is 154 g/mol. The van der Waals surface area contributed by atoms with Crippen LogP contribution in [0.15, 0.2) is 11.6 Å². The highest BCUT2D eigenvalue weighted by Crippen LogP contribution is 2.45. The van der Waals surface area contributed by atoms with Gasteiger partial charge in [0.1, 0.15) is 0 Å². The fourth-order valence-electron chi connectivity index (χ4n) is 1.88. The Bertz CT molecular complexity index is 179. The van der Waals surface area contributed by atoms with Crippen LogP contribution >= 0.6 is 0 Å². The molecule has 0 saturated heterocycles. The molecule has 2 unspecified atom stereocenters. The predicted molar refractivity (Wildman–Crippen MR) is 47.3 cm³/mol. The van der Waals surface area contributed by atoms with E-state index in [1.807, 2.05) is 0 Å². The van der Waals surface area contributed by atoms with E-state index in [2.05, 4.69) is 33.8 Å². The van der Waals surface area contributed by atoms with Gasteiger partial charge in [0.05, 0.1) is 6.61 Å². The van der Waals surface area contributed by atoms with Gasteiger partial charge >= 0.3 is 0 Å². The Morgan fingerprint density at radius 2 is 2.00 bits per heavy atom. The van der Waals surface area contributed by atoms with Crippen LogP contribution in [0.5, 0.6) is 0 Å². The largest absolute Gasteiger partial charge is 0.392 e. The standard InChI is InChI=1S/C10H18O/c1-7-5-9(6-11)10(3,4)8(7)2/h5,7-8,11H,6H2,1-4H3. The normalized spacial score (nSPS) is 35.5. The van der Waals surface area contributed by atoms with Crippen LogP contribution in [0.1, 0.15) is 27.7 Å². The molecule has 0 fully saturated rings. The molecule has 1 heteroatoms. The molecule has 0 saturated carbocycles. The molecule has 0 aromatic rings. The van der Waals surface area contributed by atoms with Crippen molar-refractivity contribution in [1.82, 2.24) is 0 Å². The summed E-state index contributed by atoms with van der Waals surface area (Å²) in [4.78, 5) is 0. The quantitative estimate of drug-likeness (QED) is 0.574. The lowest BCUT2D eigenvalue weighted by Crippen LogP contribution is -2.23. The summed E-state index contributed by atoms with van der Waals surface area (Å²) in [6.07, 6.45) is 2.21. The zero-order chi connectivity index (χ0) is 8.65. The molecule has 0 amide bonds. The van der Waals surface area contributed by atoms with Crippen molar-refractivity contribution in [2.45, 2.75) is 27.7 Å². The molecule has 1 nitrogen and oxygen atoms in total. The number of aliphatic hydroxyl groups excluding tert-OH is 1. The molecule has 0 heterocycles. The maximum atomic E-state index is 9.07. The zero-order valence-electron chi connectivity index (χ0n) is 7.89. The van der Waals surface area contributed by atoms with Crippen LogP contribution in [-0.4, -0.2) is 11.7 Å². The Kier molecular flexibility index (Phi) is 2.10. The molecule has 1 rings (SSSR count). The molecular weight excluding hydrogens is 136 g/mol. The molecular formula is C10H18O. The van der Waals surface area contributed by atoms with E-state index in [-0.39, 0.29) is 12.0 Å². The van der Waals surface area contributed by atoms with Gasteiger partial charge in [-0.25, -0.2) is 0 Å². The van der Waals surface area contributed by atoms with Crippen molar-refractivity contribution in [3.63, 3.8) is 0 Å². The van der Waals surface area contributed by atoms with Gasteiger partial charge in [0.15, 0.2) is 0 Å². The van der Waals surface area contributed by atoms with Crippen molar-refractivity contribution in [2.24, 2.45) is 17.3 Å². The maximum absolute atomic E-state index is 9.07. The second kappa shape index (κ2) is 2.63. The first-order valence-electron chi connectivity index (χ1n) is 4.32. The fourth-order valence-corrected chi connectivity index (χ4v) is 1.88. The first-order chi connectivity index (χ1) is 5.00. The Labute approximate surface area is 69.1 Å². The fraction of sp³-hybridized carbons (Fsp3) is 0.800. The van der Waals surface area contributed by atoms with E-state index in [1.165, 1.54) is 5.57 Å². The van der Waals surface area contributed by atoms with Gasteiger partial charge in [-0.3, -0.25) is 0 Å². The van der Waals surface area contributed by atoms with Crippen molar-refractivity contribution in [3.05, 3.63) is 11.6 Å². The van der Waals surface area contributed by atoms with E-state index in [0.29, 0.717) is 11.8 Å². The lowest BCUT2D eigenvalue weighted by Gasteiger charge is -2.29. The second-order valence-corrected chi connectivity index (χ2v) is 4.22. The molecule has 1 N–H and O–H groups in total. The molecule has 0 spiro atoms. The van der Waals surface area contributed by atoms with Crippen LogP contribution in [0.4, 0.5) is 0 Å². The summed E-state index contributed by atoms with van der Waals surface area (Å²) in [5.41, 5.74) is 1.41. The lowest BCUT2D eigenvalue weighted by atomic mass is 9.76. The Morgan fingerprint density at radius 1 is 1.45 bits per heavy atom. The van der Waals surface area contributed by atoms with E-state index >= 15 is 0 Å². The molecule has 1 aliphatic carbocycles. The Hall–Kier alpha value is -0.300. The molecule has 2 atom stereocenters. The van der Waals surface area contributed by atoms with E-state index < -0.39 is 0 Å². The van der Waals surface area contributed by atoms with Crippen LogP contribution < -0.4 is 0 Å². The van der Waals surface area contributed by atoms with E-state index in [9.17, 15) is 0 Å². The molecule has 0 bridgehead atoms. The summed E-state index contributed by atoms with van der Waals surface area (Å²) in [7, 11) is 0. The number of hydrogen-bond donors (Lipinski definition) is 1. The van der Waals surface area contributed by atoms with Crippen molar-refractivity contribution in [2.75, 3.05) is 6.61 Å². The average Bonchev–Trinajstić information content (AvgIpc) is 2.13. The molecule has 0 aromatic heterocycles. The third-order valence-corrected chi connectivity index (χ3v) is 3.39. The molecule has 0 radical (unpaired) electrons. The third-order valence-electron chi connectivity index (χ3n) is 3.39. The van der Waals surface area contributed by atoms with Crippen molar-refractivity contribution < 1.29 is 5.11 Å². The van der Waals surface area contributed by atoms with Crippen LogP contribution in [0, 0.1) is 17.3 Å². The summed E-state index contributed by atoms with van der Waals surface area (Å²) in [6.45, 7) is 9.12. The van der Waals surface area contributed by atoms with Crippen molar-refractivity contribution in [1.29, 1.82) is 0 Å². The van der Waals surface area contributed by atoms with Gasteiger partial charge < -0.3 is 5.11 Å².